The summed E-state index contributed by atoms with van der Waals surface area (Å²) >= 11 is 0. The summed E-state index contributed by atoms with van der Waals surface area (Å²) < 4.78 is 0. The second kappa shape index (κ2) is 7.22. The number of rotatable bonds is 6. The molecular formula is C11H23N3O2. The Bertz CT molecular complexity index is 234. The molecule has 0 atom stereocenters. The van der Waals surface area contributed by atoms with Gasteiger partial charge in [-0.3, -0.25) is 9.59 Å². The summed E-state index contributed by atoms with van der Waals surface area (Å²) in [5.41, 5.74) is -0.215. The quantitative estimate of drug-likeness (QED) is 0.601. The van der Waals surface area contributed by atoms with Crippen LogP contribution in [0.3, 0.4) is 0 Å². The maximum atomic E-state index is 11.4. The normalized spacial score (nSPS) is 11.0. The Morgan fingerprint density at radius 3 is 2.06 bits per heavy atom. The Labute approximate surface area is 97.4 Å². The van der Waals surface area contributed by atoms with Gasteiger partial charge in [-0.2, -0.15) is 0 Å². The molecule has 0 saturated carbocycles. The van der Waals surface area contributed by atoms with Crippen LogP contribution in [0, 0.1) is 0 Å². The van der Waals surface area contributed by atoms with Gasteiger partial charge >= 0.3 is 0 Å². The van der Waals surface area contributed by atoms with Gasteiger partial charge in [0.15, 0.2) is 0 Å². The monoisotopic (exact) mass is 229 g/mol. The maximum absolute atomic E-state index is 11.4. The first kappa shape index (κ1) is 14.9. The van der Waals surface area contributed by atoms with E-state index in [9.17, 15) is 9.59 Å². The third-order valence-corrected chi connectivity index (χ3v) is 1.79. The summed E-state index contributed by atoms with van der Waals surface area (Å²) in [6, 6.07) is 0. The molecule has 0 saturated heterocycles. The van der Waals surface area contributed by atoms with Crippen LogP contribution in [0.1, 0.15) is 33.6 Å². The zero-order valence-corrected chi connectivity index (χ0v) is 10.6. The van der Waals surface area contributed by atoms with Crippen molar-refractivity contribution in [1.82, 2.24) is 16.0 Å². The highest BCUT2D eigenvalue weighted by molar-refractivity contribution is 5.79. The fourth-order valence-corrected chi connectivity index (χ4v) is 1.12. The predicted octanol–water partition coefficient (Wildman–Crippen LogP) is 0.0169. The van der Waals surface area contributed by atoms with Gasteiger partial charge in [0.25, 0.3) is 0 Å². The van der Waals surface area contributed by atoms with Gasteiger partial charge in [0.1, 0.15) is 0 Å². The summed E-state index contributed by atoms with van der Waals surface area (Å²) in [5, 5.41) is 8.42. The Morgan fingerprint density at radius 2 is 1.56 bits per heavy atom. The van der Waals surface area contributed by atoms with Crippen LogP contribution >= 0.6 is 0 Å². The molecule has 3 N–H and O–H groups in total. The molecule has 16 heavy (non-hydrogen) atoms. The molecule has 0 unspecified atom stereocenters. The lowest BCUT2D eigenvalue weighted by molar-refractivity contribution is -0.123. The van der Waals surface area contributed by atoms with Crippen molar-refractivity contribution in [3.63, 3.8) is 0 Å². The van der Waals surface area contributed by atoms with E-state index >= 15 is 0 Å². The average Bonchev–Trinajstić information content (AvgIpc) is 2.11. The summed E-state index contributed by atoms with van der Waals surface area (Å²) in [5.74, 6) is -0.0701. The van der Waals surface area contributed by atoms with Gasteiger partial charge in [0.05, 0.1) is 0 Å². The molecule has 0 heterocycles. The van der Waals surface area contributed by atoms with Crippen LogP contribution in [0.25, 0.3) is 0 Å². The minimum absolute atomic E-state index is 0.0297. The Balaban J connectivity index is 3.58. The van der Waals surface area contributed by atoms with Gasteiger partial charge in [-0.05, 0) is 27.8 Å². The number of amides is 2. The molecule has 0 aliphatic carbocycles. The van der Waals surface area contributed by atoms with Gasteiger partial charge < -0.3 is 16.0 Å². The van der Waals surface area contributed by atoms with Crippen molar-refractivity contribution in [2.24, 2.45) is 0 Å². The molecule has 0 rings (SSSR count). The number of hydrogen-bond donors (Lipinski definition) is 3. The SMILES string of the molecule is CNCCC(=O)NCCC(=O)NC(C)(C)C. The van der Waals surface area contributed by atoms with Crippen molar-refractivity contribution in [3.05, 3.63) is 0 Å². The third kappa shape index (κ3) is 9.45. The molecule has 0 aromatic carbocycles. The molecule has 0 bridgehead atoms. The van der Waals surface area contributed by atoms with Gasteiger partial charge in [-0.1, -0.05) is 0 Å². The number of carbonyl (C=O) groups is 2. The maximum Gasteiger partial charge on any atom is 0.222 e. The molecule has 0 aromatic heterocycles. The lowest BCUT2D eigenvalue weighted by Gasteiger charge is -2.20. The zero-order chi connectivity index (χ0) is 12.6. The van der Waals surface area contributed by atoms with Gasteiger partial charge in [-0.15, -0.1) is 0 Å². The molecule has 0 aliphatic heterocycles. The van der Waals surface area contributed by atoms with E-state index in [1.54, 1.807) is 7.05 Å². The van der Waals surface area contributed by atoms with Gasteiger partial charge in [0.2, 0.25) is 11.8 Å². The summed E-state index contributed by atoms with van der Waals surface area (Å²) in [4.78, 5) is 22.6. The first-order chi connectivity index (χ1) is 7.35. The van der Waals surface area contributed by atoms with Crippen LogP contribution in [0.2, 0.25) is 0 Å². The largest absolute Gasteiger partial charge is 0.356 e. The van der Waals surface area contributed by atoms with Crippen LogP contribution in [0.15, 0.2) is 0 Å². The highest BCUT2D eigenvalue weighted by Crippen LogP contribution is 1.98. The second-order valence-corrected chi connectivity index (χ2v) is 4.75. The van der Waals surface area contributed by atoms with E-state index in [-0.39, 0.29) is 17.4 Å². The number of carbonyl (C=O) groups excluding carboxylic acids is 2. The van der Waals surface area contributed by atoms with E-state index in [4.69, 9.17) is 0 Å². The Hall–Kier alpha value is -1.10. The van der Waals surface area contributed by atoms with Crippen molar-refractivity contribution in [2.45, 2.75) is 39.2 Å². The highest BCUT2D eigenvalue weighted by atomic mass is 16.2. The molecule has 0 fully saturated rings. The topological polar surface area (TPSA) is 70.2 Å². The summed E-state index contributed by atoms with van der Waals surface area (Å²) in [6.07, 6.45) is 0.764. The fraction of sp³-hybridized carbons (Fsp3) is 0.818. The van der Waals surface area contributed by atoms with E-state index in [0.717, 1.165) is 0 Å². The van der Waals surface area contributed by atoms with Crippen LogP contribution in [-0.4, -0.2) is 37.5 Å². The average molecular weight is 229 g/mol. The van der Waals surface area contributed by atoms with E-state index < -0.39 is 0 Å². The lowest BCUT2D eigenvalue weighted by Crippen LogP contribution is -2.42. The molecule has 5 nitrogen and oxygen atoms in total. The van der Waals surface area contributed by atoms with Crippen LogP contribution in [-0.2, 0) is 9.59 Å². The van der Waals surface area contributed by atoms with Gasteiger partial charge in [-0.25, -0.2) is 0 Å². The summed E-state index contributed by atoms with van der Waals surface area (Å²) in [6.45, 7) is 6.83. The van der Waals surface area contributed by atoms with E-state index in [1.807, 2.05) is 20.8 Å². The first-order valence-electron chi connectivity index (χ1n) is 5.57. The lowest BCUT2D eigenvalue weighted by atomic mass is 10.1. The minimum Gasteiger partial charge on any atom is -0.356 e. The predicted molar refractivity (Wildman–Crippen MR) is 64.1 cm³/mol. The molecule has 2 amide bonds. The zero-order valence-electron chi connectivity index (χ0n) is 10.6. The molecule has 0 spiro atoms. The molecule has 94 valence electrons. The Kier molecular flexibility index (Phi) is 6.72. The van der Waals surface area contributed by atoms with Crippen LogP contribution in [0.5, 0.6) is 0 Å². The van der Waals surface area contributed by atoms with Crippen molar-refractivity contribution in [1.29, 1.82) is 0 Å². The third-order valence-electron chi connectivity index (χ3n) is 1.79. The Morgan fingerprint density at radius 1 is 1.00 bits per heavy atom. The molecule has 0 aliphatic rings. The summed E-state index contributed by atoms with van der Waals surface area (Å²) in [7, 11) is 1.80. The highest BCUT2D eigenvalue weighted by Gasteiger charge is 2.13. The molecule has 5 heteroatoms. The minimum atomic E-state index is -0.215. The van der Waals surface area contributed by atoms with E-state index in [2.05, 4.69) is 16.0 Å². The van der Waals surface area contributed by atoms with Crippen LogP contribution in [0.4, 0.5) is 0 Å². The van der Waals surface area contributed by atoms with Crippen molar-refractivity contribution in [3.8, 4) is 0 Å². The first-order valence-corrected chi connectivity index (χ1v) is 5.57. The van der Waals surface area contributed by atoms with Crippen molar-refractivity contribution in [2.75, 3.05) is 20.1 Å². The van der Waals surface area contributed by atoms with E-state index in [0.29, 0.717) is 25.9 Å². The standard InChI is InChI=1S/C11H23N3O2/c1-11(2,3)14-10(16)6-8-13-9(15)5-7-12-4/h12H,5-8H2,1-4H3,(H,13,15)(H,14,16). The molecular weight excluding hydrogens is 206 g/mol. The number of hydrogen-bond acceptors (Lipinski definition) is 3. The smallest absolute Gasteiger partial charge is 0.222 e. The van der Waals surface area contributed by atoms with Crippen LogP contribution < -0.4 is 16.0 Å². The van der Waals surface area contributed by atoms with Crippen molar-refractivity contribution >= 4 is 11.8 Å². The molecule has 0 aromatic rings. The van der Waals surface area contributed by atoms with Crippen molar-refractivity contribution < 1.29 is 9.59 Å². The number of nitrogens with one attached hydrogen (secondary N) is 3. The molecule has 0 radical (unpaired) electrons. The van der Waals surface area contributed by atoms with Gasteiger partial charge in [0, 0.05) is 31.5 Å². The second-order valence-electron chi connectivity index (χ2n) is 4.75. The van der Waals surface area contributed by atoms with E-state index in [1.165, 1.54) is 0 Å². The fourth-order valence-electron chi connectivity index (χ4n) is 1.12.